The number of hydrogen-bond donors (Lipinski definition) is 0. The first kappa shape index (κ1) is 20.3. The van der Waals surface area contributed by atoms with Gasteiger partial charge in [0.25, 0.3) is 5.69 Å². The van der Waals surface area contributed by atoms with E-state index in [1.165, 1.54) is 31.3 Å². The van der Waals surface area contributed by atoms with E-state index in [9.17, 15) is 20.6 Å². The maximum absolute atomic E-state index is 11.7. The van der Waals surface area contributed by atoms with E-state index in [0.29, 0.717) is 0 Å². The summed E-state index contributed by atoms with van der Waals surface area (Å²) in [5.41, 5.74) is 0.620. The molecule has 0 fully saturated rings. The summed E-state index contributed by atoms with van der Waals surface area (Å²) in [6.45, 7) is 3.86. The lowest BCUT2D eigenvalue weighted by molar-refractivity contribution is -0.385. The average Bonchev–Trinajstić information content (AvgIpc) is 2.72. The Morgan fingerprint density at radius 1 is 1.21 bits per heavy atom. The zero-order valence-electron chi connectivity index (χ0n) is 15.5. The van der Waals surface area contributed by atoms with Crippen LogP contribution >= 0.6 is 0 Å². The van der Waals surface area contributed by atoms with Crippen LogP contribution in [0.4, 0.5) is 5.69 Å². The molecule has 2 aromatic carbocycles. The highest BCUT2D eigenvalue weighted by atomic mass is 16.6. The fraction of sp³-hybridized carbons (Fsp3) is 0.200. The topological polar surface area (TPSA) is 112 Å². The van der Waals surface area contributed by atoms with Crippen LogP contribution in [-0.4, -0.2) is 24.0 Å². The van der Waals surface area contributed by atoms with Crippen molar-refractivity contribution in [3.63, 3.8) is 0 Å². The number of nitro groups is 1. The van der Waals surface area contributed by atoms with Gasteiger partial charge in [-0.2, -0.15) is 10.5 Å². The molecule has 0 aromatic heterocycles. The summed E-state index contributed by atoms with van der Waals surface area (Å²) in [7, 11) is 2.76. The minimum atomic E-state index is -1.03. The van der Waals surface area contributed by atoms with Gasteiger partial charge < -0.3 is 9.47 Å². The summed E-state index contributed by atoms with van der Waals surface area (Å²) < 4.78 is 10.4. The molecule has 0 N–H and O–H groups in total. The molecule has 8 nitrogen and oxygen atoms in total. The highest BCUT2D eigenvalue weighted by Crippen LogP contribution is 2.41. The van der Waals surface area contributed by atoms with Crippen LogP contribution < -0.4 is 9.47 Å². The number of hydrogen-bond acceptors (Lipinski definition) is 7. The minimum absolute atomic E-state index is 0.00667. The van der Waals surface area contributed by atoms with Crippen LogP contribution in [0.5, 0.6) is 11.5 Å². The maximum atomic E-state index is 11.7. The molecular weight excluding hydrogens is 360 g/mol. The molecule has 0 spiro atoms. The molecular formula is C20H18N4O4. The molecule has 8 heteroatoms. The number of methoxy groups -OCH3 is 2. The van der Waals surface area contributed by atoms with Crippen molar-refractivity contribution in [2.24, 2.45) is 0 Å². The van der Waals surface area contributed by atoms with E-state index < -0.39 is 11.0 Å². The van der Waals surface area contributed by atoms with Crippen molar-refractivity contribution in [2.45, 2.75) is 12.6 Å². The van der Waals surface area contributed by atoms with Gasteiger partial charge in [0.15, 0.2) is 17.7 Å². The predicted octanol–water partition coefficient (Wildman–Crippen LogP) is 3.72. The van der Waals surface area contributed by atoms with Gasteiger partial charge in [-0.3, -0.25) is 15.0 Å². The molecule has 2 aromatic rings. The van der Waals surface area contributed by atoms with Gasteiger partial charge in [0.2, 0.25) is 0 Å². The molecule has 2 rings (SSSR count). The Hall–Kier alpha value is -4.04. The standard InChI is InChI=1S/C20H18N4O4/c1-14(11-21)20(23(13-22)12-15-7-5-4-6-8-15)16-9-18(27-2)19(28-3)10-17(16)24(25)26/h4-10,20H,1,12H2,2-3H3. The number of rotatable bonds is 8. The quantitative estimate of drug-likeness (QED) is 0.226. The van der Waals surface area contributed by atoms with E-state index in [1.54, 1.807) is 0 Å². The van der Waals surface area contributed by atoms with Crippen molar-refractivity contribution in [2.75, 3.05) is 14.2 Å². The maximum Gasteiger partial charge on any atom is 0.279 e. The van der Waals surface area contributed by atoms with Gasteiger partial charge in [0.1, 0.15) is 6.04 Å². The molecule has 0 saturated carbocycles. The van der Waals surface area contributed by atoms with Crippen molar-refractivity contribution in [3.8, 4) is 23.8 Å². The van der Waals surface area contributed by atoms with Gasteiger partial charge in [-0.15, -0.1) is 0 Å². The Morgan fingerprint density at radius 2 is 1.82 bits per heavy atom. The summed E-state index contributed by atoms with van der Waals surface area (Å²) in [4.78, 5) is 12.4. The first-order chi connectivity index (χ1) is 13.5. The fourth-order valence-electron chi connectivity index (χ4n) is 2.83. The Balaban J connectivity index is 2.65. The SMILES string of the molecule is C=C(C#N)C(c1cc(OC)c(OC)cc1[N+](=O)[O-])N(C#N)Cc1ccccc1. The number of nitriles is 2. The van der Waals surface area contributed by atoms with Gasteiger partial charge in [-0.25, -0.2) is 0 Å². The summed E-state index contributed by atoms with van der Waals surface area (Å²) in [5, 5.41) is 30.8. The van der Waals surface area contributed by atoms with Crippen molar-refractivity contribution < 1.29 is 14.4 Å². The van der Waals surface area contributed by atoms with Crippen molar-refractivity contribution in [3.05, 3.63) is 75.9 Å². The average molecular weight is 378 g/mol. The van der Waals surface area contributed by atoms with Crippen LogP contribution in [0.3, 0.4) is 0 Å². The number of nitro benzene ring substituents is 1. The van der Waals surface area contributed by atoms with Gasteiger partial charge in [0, 0.05) is 0 Å². The zero-order valence-corrected chi connectivity index (χ0v) is 15.5. The van der Waals surface area contributed by atoms with E-state index in [-0.39, 0.29) is 34.9 Å². The summed E-state index contributed by atoms with van der Waals surface area (Å²) in [5.74, 6) is 0.419. The van der Waals surface area contributed by atoms with Crippen LogP contribution in [0, 0.1) is 32.9 Å². The molecule has 0 amide bonds. The third-order valence-corrected chi connectivity index (χ3v) is 4.13. The van der Waals surface area contributed by atoms with Crippen LogP contribution in [-0.2, 0) is 6.54 Å². The molecule has 1 unspecified atom stereocenters. The smallest absolute Gasteiger partial charge is 0.279 e. The zero-order chi connectivity index (χ0) is 20.7. The van der Waals surface area contributed by atoms with Crippen LogP contribution in [0.25, 0.3) is 0 Å². The van der Waals surface area contributed by atoms with Crippen LogP contribution in [0.2, 0.25) is 0 Å². The van der Waals surface area contributed by atoms with Gasteiger partial charge in [-0.05, 0) is 11.6 Å². The summed E-state index contributed by atoms with van der Waals surface area (Å²) in [6.07, 6.45) is 2.02. The number of benzene rings is 2. The molecule has 0 saturated heterocycles. The first-order valence-corrected chi connectivity index (χ1v) is 8.16. The minimum Gasteiger partial charge on any atom is -0.493 e. The molecule has 0 radical (unpaired) electrons. The third kappa shape index (κ3) is 4.19. The van der Waals surface area contributed by atoms with Crippen molar-refractivity contribution in [1.29, 1.82) is 10.5 Å². The lowest BCUT2D eigenvalue weighted by Crippen LogP contribution is -2.25. The van der Waals surface area contributed by atoms with E-state index in [1.807, 2.05) is 42.6 Å². The Labute approximate surface area is 162 Å². The van der Waals surface area contributed by atoms with E-state index in [4.69, 9.17) is 9.47 Å². The second-order valence-corrected chi connectivity index (χ2v) is 5.78. The molecule has 0 heterocycles. The third-order valence-electron chi connectivity index (χ3n) is 4.13. The van der Waals surface area contributed by atoms with Crippen LogP contribution in [0.15, 0.2) is 54.6 Å². The molecule has 0 bridgehead atoms. The molecule has 142 valence electrons. The summed E-state index contributed by atoms with van der Waals surface area (Å²) in [6, 6.07) is 12.6. The second-order valence-electron chi connectivity index (χ2n) is 5.78. The normalized spacial score (nSPS) is 10.9. The lowest BCUT2D eigenvalue weighted by Gasteiger charge is -2.27. The van der Waals surface area contributed by atoms with E-state index in [2.05, 4.69) is 6.58 Å². The number of ether oxygens (including phenoxy) is 2. The van der Waals surface area contributed by atoms with Gasteiger partial charge in [-0.1, -0.05) is 36.9 Å². The molecule has 0 aliphatic rings. The van der Waals surface area contributed by atoms with E-state index >= 15 is 0 Å². The largest absolute Gasteiger partial charge is 0.493 e. The fourth-order valence-corrected chi connectivity index (χ4v) is 2.83. The van der Waals surface area contributed by atoms with E-state index in [0.717, 1.165) is 5.56 Å². The van der Waals surface area contributed by atoms with Crippen molar-refractivity contribution >= 4 is 5.69 Å². The van der Waals surface area contributed by atoms with Crippen LogP contribution in [0.1, 0.15) is 17.2 Å². The highest BCUT2D eigenvalue weighted by molar-refractivity contribution is 5.57. The van der Waals surface area contributed by atoms with Gasteiger partial charge >= 0.3 is 0 Å². The Kier molecular flexibility index (Phi) is 6.56. The second kappa shape index (κ2) is 9.06. The first-order valence-electron chi connectivity index (χ1n) is 8.16. The molecule has 28 heavy (non-hydrogen) atoms. The predicted molar refractivity (Wildman–Crippen MR) is 101 cm³/mol. The Morgan fingerprint density at radius 3 is 2.32 bits per heavy atom. The molecule has 1 atom stereocenters. The highest BCUT2D eigenvalue weighted by Gasteiger charge is 2.32. The molecule has 0 aliphatic carbocycles. The Bertz CT molecular complexity index is 961. The monoisotopic (exact) mass is 378 g/mol. The van der Waals surface area contributed by atoms with Crippen molar-refractivity contribution in [1.82, 2.24) is 4.90 Å². The number of nitrogens with zero attached hydrogens (tertiary/aromatic N) is 4. The van der Waals surface area contributed by atoms with Gasteiger partial charge in [0.05, 0.1) is 49.0 Å². The molecule has 0 aliphatic heterocycles. The summed E-state index contributed by atoms with van der Waals surface area (Å²) >= 11 is 0. The lowest BCUT2D eigenvalue weighted by atomic mass is 9.96.